The molecule has 1 N–H and O–H groups in total. The molecule has 0 aliphatic carbocycles. The van der Waals surface area contributed by atoms with Gasteiger partial charge in [0.1, 0.15) is 6.10 Å². The van der Waals surface area contributed by atoms with Crippen molar-refractivity contribution in [3.8, 4) is 22.3 Å². The number of pyridine rings is 1. The number of cyclic esters (lactones) is 1. The Balaban J connectivity index is 1.45. The predicted octanol–water partition coefficient (Wildman–Crippen LogP) is 10.2. The average Bonchev–Trinajstić information content (AvgIpc) is 3.61. The predicted molar refractivity (Wildman–Crippen MR) is 160 cm³/mol. The zero-order valence-electron chi connectivity index (χ0n) is 26.0. The van der Waals surface area contributed by atoms with Crippen molar-refractivity contribution in [1.82, 2.24) is 9.88 Å². The number of ether oxygens (including phenoxy) is 1. The topological polar surface area (TPSA) is 79.7 Å². The Labute approximate surface area is 278 Å². The number of carbonyl (C=O) groups is 2. The number of hydrogen-bond acceptors (Lipinski definition) is 4. The molecule has 0 saturated carbocycles. The van der Waals surface area contributed by atoms with Crippen LogP contribution in [0.3, 0.4) is 0 Å². The first-order chi connectivity index (χ1) is 23.2. The zero-order chi connectivity index (χ0) is 36.5. The highest BCUT2D eigenvalue weighted by Crippen LogP contribution is 2.51. The van der Waals surface area contributed by atoms with Crippen molar-refractivity contribution >= 4 is 12.1 Å². The first-order valence-corrected chi connectivity index (χ1v) is 15.0. The summed E-state index contributed by atoms with van der Waals surface area (Å²) >= 11 is 0. The number of benzene rings is 3. The fourth-order valence-electron chi connectivity index (χ4n) is 6.72. The summed E-state index contributed by atoms with van der Waals surface area (Å²) in [6.45, 7) is 3.30. The van der Waals surface area contributed by atoms with Gasteiger partial charge in [0, 0.05) is 23.0 Å². The molecule has 6 nitrogen and oxygen atoms in total. The molecule has 0 spiro atoms. The van der Waals surface area contributed by atoms with Gasteiger partial charge in [-0.25, -0.2) is 9.59 Å². The first kappa shape index (κ1) is 34.8. The number of carbonyl (C=O) groups excluding carboxylic acids is 1. The van der Waals surface area contributed by atoms with E-state index in [4.69, 9.17) is 4.74 Å². The number of halogens is 9. The number of nitrogens with zero attached hydrogens (tertiary/aromatic N) is 2. The molecule has 3 heterocycles. The van der Waals surface area contributed by atoms with Gasteiger partial charge in [-0.3, -0.25) is 9.88 Å². The highest BCUT2D eigenvalue weighted by molar-refractivity contribution is 5.89. The summed E-state index contributed by atoms with van der Waals surface area (Å²) in [6.07, 6.45) is -16.2. The number of fused-ring (bicyclic) bond motifs is 1. The number of rotatable bonds is 5. The van der Waals surface area contributed by atoms with Gasteiger partial charge in [-0.15, -0.1) is 0 Å². The Hall–Kier alpha value is -5.08. The van der Waals surface area contributed by atoms with Crippen molar-refractivity contribution in [1.29, 1.82) is 0 Å². The van der Waals surface area contributed by atoms with E-state index in [0.717, 1.165) is 17.0 Å². The SMILES string of the molecule is Cc1cc(C(=O)O)ccc1-c1cnc(C)c(-c2ccc(C(F)(F)F)cc2[C@@H]2CCC3[C@@H](c4cc(C(F)(F)F)cc(C(F)(F)F)c4)OC(=O)N32)c1. The number of amides is 1. The van der Waals surface area contributed by atoms with E-state index in [0.29, 0.717) is 40.1 Å². The fraction of sp³-hybridized carbons (Fsp3) is 0.286. The molecule has 2 aliphatic rings. The van der Waals surface area contributed by atoms with E-state index >= 15 is 0 Å². The molecule has 50 heavy (non-hydrogen) atoms. The number of aromatic carboxylic acids is 1. The van der Waals surface area contributed by atoms with Crippen LogP contribution >= 0.6 is 0 Å². The minimum Gasteiger partial charge on any atom is -0.478 e. The summed E-state index contributed by atoms with van der Waals surface area (Å²) in [4.78, 5) is 30.3. The van der Waals surface area contributed by atoms with Gasteiger partial charge in [0.2, 0.25) is 0 Å². The fourth-order valence-corrected chi connectivity index (χ4v) is 6.72. The minimum absolute atomic E-state index is 0.000742. The molecule has 1 amide bonds. The van der Waals surface area contributed by atoms with Crippen LogP contribution < -0.4 is 0 Å². The maximum atomic E-state index is 14.0. The van der Waals surface area contributed by atoms with Gasteiger partial charge < -0.3 is 9.84 Å². The second kappa shape index (κ2) is 12.1. The summed E-state index contributed by atoms with van der Waals surface area (Å²) in [5.74, 6) is -1.14. The van der Waals surface area contributed by atoms with Crippen LogP contribution in [0.1, 0.15) is 74.4 Å². The molecule has 2 fully saturated rings. The van der Waals surface area contributed by atoms with Crippen molar-refractivity contribution in [2.45, 2.75) is 63.4 Å². The van der Waals surface area contributed by atoms with Crippen molar-refractivity contribution in [2.75, 3.05) is 0 Å². The van der Waals surface area contributed by atoms with Crippen LogP contribution in [-0.2, 0) is 23.3 Å². The second-order valence-corrected chi connectivity index (χ2v) is 12.2. The first-order valence-electron chi connectivity index (χ1n) is 15.0. The molecule has 1 aromatic heterocycles. The third-order valence-corrected chi connectivity index (χ3v) is 9.05. The van der Waals surface area contributed by atoms with Gasteiger partial charge in [-0.1, -0.05) is 12.1 Å². The van der Waals surface area contributed by atoms with E-state index in [1.165, 1.54) is 24.4 Å². The molecule has 6 rings (SSSR count). The largest absolute Gasteiger partial charge is 0.478 e. The van der Waals surface area contributed by atoms with Crippen LogP contribution in [-0.4, -0.2) is 33.1 Å². The molecule has 0 bridgehead atoms. The summed E-state index contributed by atoms with van der Waals surface area (Å²) in [5.41, 5.74) is -1.97. The maximum absolute atomic E-state index is 14.0. The summed E-state index contributed by atoms with van der Waals surface area (Å²) < 4.78 is 129. The molecule has 2 saturated heterocycles. The van der Waals surface area contributed by atoms with Crippen molar-refractivity contribution in [3.63, 3.8) is 0 Å². The molecule has 4 aromatic rings. The third kappa shape index (κ3) is 6.36. The smallest absolute Gasteiger partial charge is 0.416 e. The van der Waals surface area contributed by atoms with Crippen LogP contribution in [0.25, 0.3) is 22.3 Å². The van der Waals surface area contributed by atoms with E-state index in [9.17, 15) is 54.2 Å². The van der Waals surface area contributed by atoms with Crippen LogP contribution in [0.2, 0.25) is 0 Å². The molecule has 1 unspecified atom stereocenters. The van der Waals surface area contributed by atoms with E-state index in [-0.39, 0.29) is 35.6 Å². The molecule has 2 aliphatic heterocycles. The number of aromatic nitrogens is 1. The molecule has 3 aromatic carbocycles. The monoisotopic (exact) mass is 708 g/mol. The van der Waals surface area contributed by atoms with Crippen LogP contribution in [0.15, 0.2) is 66.9 Å². The highest BCUT2D eigenvalue weighted by Gasteiger charge is 2.52. The van der Waals surface area contributed by atoms with Crippen molar-refractivity contribution in [2.24, 2.45) is 0 Å². The minimum atomic E-state index is -5.15. The number of carboxylic acid groups (broad SMARTS) is 1. The number of hydrogen-bond donors (Lipinski definition) is 1. The number of aryl methyl sites for hydroxylation is 2. The van der Waals surface area contributed by atoms with Crippen molar-refractivity contribution < 1.29 is 58.9 Å². The Bertz CT molecular complexity index is 1990. The molecule has 3 atom stereocenters. The lowest BCUT2D eigenvalue weighted by molar-refractivity contribution is -0.143. The van der Waals surface area contributed by atoms with Crippen molar-refractivity contribution in [3.05, 3.63) is 111 Å². The highest BCUT2D eigenvalue weighted by atomic mass is 19.4. The van der Waals surface area contributed by atoms with Crippen LogP contribution in [0.5, 0.6) is 0 Å². The normalized spacial score (nSPS) is 19.5. The maximum Gasteiger partial charge on any atom is 0.416 e. The summed E-state index contributed by atoms with van der Waals surface area (Å²) in [5, 5.41) is 9.35. The lowest BCUT2D eigenvalue weighted by Crippen LogP contribution is -2.31. The number of alkyl halides is 9. The zero-order valence-corrected chi connectivity index (χ0v) is 26.0. The van der Waals surface area contributed by atoms with Gasteiger partial charge in [0.25, 0.3) is 0 Å². The second-order valence-electron chi connectivity index (χ2n) is 12.2. The van der Waals surface area contributed by atoms with Gasteiger partial charge in [0.05, 0.1) is 34.3 Å². The van der Waals surface area contributed by atoms with Gasteiger partial charge in [-0.05, 0) is 103 Å². The molecule has 0 radical (unpaired) electrons. The Morgan fingerprint density at radius 2 is 1.40 bits per heavy atom. The molecule has 262 valence electrons. The average molecular weight is 709 g/mol. The summed E-state index contributed by atoms with van der Waals surface area (Å²) in [7, 11) is 0. The van der Waals surface area contributed by atoms with Crippen LogP contribution in [0.4, 0.5) is 44.3 Å². The Kier molecular flexibility index (Phi) is 8.38. The van der Waals surface area contributed by atoms with Gasteiger partial charge in [0.15, 0.2) is 0 Å². The van der Waals surface area contributed by atoms with E-state index in [1.54, 1.807) is 26.0 Å². The lowest BCUT2D eigenvalue weighted by Gasteiger charge is -2.26. The van der Waals surface area contributed by atoms with E-state index in [1.807, 2.05) is 0 Å². The molecular formula is C35H25F9N2O4. The molecule has 15 heteroatoms. The van der Waals surface area contributed by atoms with E-state index < -0.39 is 71.0 Å². The van der Waals surface area contributed by atoms with Gasteiger partial charge >= 0.3 is 30.6 Å². The third-order valence-electron chi connectivity index (χ3n) is 9.05. The van der Waals surface area contributed by atoms with Gasteiger partial charge in [-0.2, -0.15) is 39.5 Å². The van der Waals surface area contributed by atoms with Crippen LogP contribution in [0, 0.1) is 13.8 Å². The molecular weight excluding hydrogens is 683 g/mol. The standard InChI is InChI=1S/C35H25F9N2O4/c1-16-9-18(31(47)48)3-5-24(16)20-12-26(17(2)45-15-20)25-6-4-21(33(36,37)38)14-27(25)28-7-8-29-30(50-32(49)46(28)29)19-10-22(34(39,40)41)13-23(11-19)35(42,43)44/h3-6,9-15,28-30H,7-8H2,1-2H3,(H,47,48)/t28-,29?,30+/m0/s1. The Morgan fingerprint density at radius 3 is 1.98 bits per heavy atom. The van der Waals surface area contributed by atoms with E-state index in [2.05, 4.69) is 4.98 Å². The summed E-state index contributed by atoms with van der Waals surface area (Å²) in [6, 6.07) is 7.76. The quantitative estimate of drug-likeness (QED) is 0.209. The number of carboxylic acids is 1. The lowest BCUT2D eigenvalue weighted by atomic mass is 9.89. The Morgan fingerprint density at radius 1 is 0.780 bits per heavy atom.